The Balaban J connectivity index is 0.00000281. The van der Waals surface area contributed by atoms with Crippen molar-refractivity contribution in [3.8, 4) is 17.2 Å². The van der Waals surface area contributed by atoms with E-state index in [9.17, 15) is 9.59 Å². The van der Waals surface area contributed by atoms with E-state index in [1.165, 1.54) is 0 Å². The van der Waals surface area contributed by atoms with Crippen molar-refractivity contribution in [3.05, 3.63) is 47.0 Å². The quantitative estimate of drug-likeness (QED) is 0.467. The van der Waals surface area contributed by atoms with Gasteiger partial charge in [-0.25, -0.2) is 4.79 Å². The highest BCUT2D eigenvalue weighted by molar-refractivity contribution is 5.94. The Morgan fingerprint density at radius 1 is 1.00 bits per heavy atom. The fourth-order valence-corrected chi connectivity index (χ4v) is 3.20. The number of hydrogen-bond donors (Lipinski definition) is 2. The second-order valence-electron chi connectivity index (χ2n) is 9.00. The minimum absolute atomic E-state index is 0.185. The van der Waals surface area contributed by atoms with Gasteiger partial charge < -0.3 is 24.8 Å². The van der Waals surface area contributed by atoms with Crippen molar-refractivity contribution in [2.24, 2.45) is 0 Å². The van der Waals surface area contributed by atoms with Gasteiger partial charge in [0.1, 0.15) is 29.4 Å². The molecule has 0 aliphatic carbocycles. The van der Waals surface area contributed by atoms with Crippen LogP contribution in [0.15, 0.2) is 30.3 Å². The van der Waals surface area contributed by atoms with E-state index in [4.69, 9.17) is 14.2 Å². The molecule has 2 aromatic carbocycles. The van der Waals surface area contributed by atoms with Crippen LogP contribution in [-0.2, 0) is 9.53 Å². The third-order valence-corrected chi connectivity index (χ3v) is 4.58. The molecule has 2 amide bonds. The van der Waals surface area contributed by atoms with Crippen molar-refractivity contribution in [1.82, 2.24) is 5.32 Å². The fraction of sp³-hybridized carbons (Fsp3) is 0.481. The van der Waals surface area contributed by atoms with Crippen molar-refractivity contribution in [3.63, 3.8) is 0 Å². The van der Waals surface area contributed by atoms with Gasteiger partial charge in [-0.05, 0) is 82.0 Å². The van der Waals surface area contributed by atoms with Gasteiger partial charge in [0.05, 0.1) is 7.11 Å². The molecular formula is C27H40N2O5. The molecule has 0 heterocycles. The van der Waals surface area contributed by atoms with E-state index in [1.54, 1.807) is 27.9 Å². The summed E-state index contributed by atoms with van der Waals surface area (Å²) in [4.78, 5) is 23.9. The number of rotatable bonds is 7. The minimum Gasteiger partial charge on any atom is -0.496 e. The number of carbonyl (C=O) groups is 2. The summed E-state index contributed by atoms with van der Waals surface area (Å²) in [5, 5.41) is 5.24. The van der Waals surface area contributed by atoms with E-state index < -0.39 is 11.7 Å². The number of amides is 2. The number of hydrogen-bond acceptors (Lipinski definition) is 5. The maximum Gasteiger partial charge on any atom is 0.408 e. The SMILES string of the molecule is CC.COc1ccc(Oc2c(C)cc(NC(=O)CNC(=O)OC(C)(C)C)cc2C)cc1C(C)C. The molecule has 2 aromatic rings. The average Bonchev–Trinajstić information content (AvgIpc) is 2.75. The maximum atomic E-state index is 12.2. The summed E-state index contributed by atoms with van der Waals surface area (Å²) in [6, 6.07) is 9.44. The molecule has 0 unspecified atom stereocenters. The van der Waals surface area contributed by atoms with E-state index >= 15 is 0 Å². The van der Waals surface area contributed by atoms with Gasteiger partial charge in [0.2, 0.25) is 5.91 Å². The number of methoxy groups -OCH3 is 1. The molecule has 0 saturated heterocycles. The predicted molar refractivity (Wildman–Crippen MR) is 137 cm³/mol. The van der Waals surface area contributed by atoms with Crippen LogP contribution in [0, 0.1) is 13.8 Å². The lowest BCUT2D eigenvalue weighted by Crippen LogP contribution is -2.37. The molecule has 0 bridgehead atoms. The molecule has 0 radical (unpaired) electrons. The first-order chi connectivity index (χ1) is 15.9. The summed E-state index contributed by atoms with van der Waals surface area (Å²) in [5.41, 5.74) is 2.83. The predicted octanol–water partition coefficient (Wildman–Crippen LogP) is 6.72. The molecule has 0 fully saturated rings. The largest absolute Gasteiger partial charge is 0.496 e. The Labute approximate surface area is 204 Å². The number of alkyl carbamates (subject to hydrolysis) is 1. The molecule has 34 heavy (non-hydrogen) atoms. The lowest BCUT2D eigenvalue weighted by Gasteiger charge is -2.19. The van der Waals surface area contributed by atoms with Gasteiger partial charge >= 0.3 is 6.09 Å². The van der Waals surface area contributed by atoms with Gasteiger partial charge in [-0.3, -0.25) is 4.79 Å². The Bertz CT molecular complexity index is 954. The number of benzene rings is 2. The first-order valence-electron chi connectivity index (χ1n) is 11.6. The minimum atomic E-state index is -0.635. The fourth-order valence-electron chi connectivity index (χ4n) is 3.20. The normalized spacial score (nSPS) is 10.7. The van der Waals surface area contributed by atoms with Crippen LogP contribution >= 0.6 is 0 Å². The third kappa shape index (κ3) is 8.96. The molecule has 0 aliphatic rings. The molecule has 0 spiro atoms. The number of ether oxygens (including phenoxy) is 3. The summed E-state index contributed by atoms with van der Waals surface area (Å²) in [6.45, 7) is 17.1. The Hall–Kier alpha value is -3.22. The standard InChI is InChI=1S/C25H34N2O5.C2H6/c1-15(2)20-13-19(9-10-21(20)30-8)31-23-16(3)11-18(12-17(23)4)27-22(28)14-26-24(29)32-25(5,6)7;1-2/h9-13,15H,14H2,1-8H3,(H,26,29)(H,27,28);1-2H3. The Kier molecular flexibility index (Phi) is 10.9. The lowest BCUT2D eigenvalue weighted by molar-refractivity contribution is -0.115. The van der Waals surface area contributed by atoms with Crippen LogP contribution in [0.25, 0.3) is 0 Å². The van der Waals surface area contributed by atoms with Crippen molar-refractivity contribution < 1.29 is 23.8 Å². The van der Waals surface area contributed by atoms with Gasteiger partial charge in [0.25, 0.3) is 0 Å². The molecule has 7 nitrogen and oxygen atoms in total. The highest BCUT2D eigenvalue weighted by atomic mass is 16.6. The van der Waals surface area contributed by atoms with E-state index in [2.05, 4.69) is 24.5 Å². The van der Waals surface area contributed by atoms with E-state index in [-0.39, 0.29) is 12.5 Å². The zero-order chi connectivity index (χ0) is 26.1. The molecule has 2 rings (SSSR count). The third-order valence-electron chi connectivity index (χ3n) is 4.58. The van der Waals surface area contributed by atoms with Crippen LogP contribution in [0.5, 0.6) is 17.2 Å². The Morgan fingerprint density at radius 2 is 1.59 bits per heavy atom. The van der Waals surface area contributed by atoms with Crippen molar-refractivity contribution >= 4 is 17.7 Å². The highest BCUT2D eigenvalue weighted by Gasteiger charge is 2.17. The second-order valence-corrected chi connectivity index (χ2v) is 9.00. The first kappa shape index (κ1) is 28.8. The average molecular weight is 473 g/mol. The van der Waals surface area contributed by atoms with Crippen LogP contribution in [0.4, 0.5) is 10.5 Å². The van der Waals surface area contributed by atoms with Crippen LogP contribution < -0.4 is 20.1 Å². The van der Waals surface area contributed by atoms with Crippen molar-refractivity contribution in [2.75, 3.05) is 19.0 Å². The smallest absolute Gasteiger partial charge is 0.408 e. The lowest BCUT2D eigenvalue weighted by atomic mass is 10.0. The molecule has 2 N–H and O–H groups in total. The van der Waals surface area contributed by atoms with E-state index in [0.29, 0.717) is 11.6 Å². The molecule has 0 saturated carbocycles. The summed E-state index contributed by atoms with van der Waals surface area (Å²) in [7, 11) is 1.66. The zero-order valence-corrected chi connectivity index (χ0v) is 22.2. The second kappa shape index (κ2) is 12.9. The summed E-state index contributed by atoms with van der Waals surface area (Å²) < 4.78 is 16.7. The topological polar surface area (TPSA) is 85.9 Å². The van der Waals surface area contributed by atoms with Crippen LogP contribution in [0.3, 0.4) is 0 Å². The summed E-state index contributed by atoms with van der Waals surface area (Å²) in [6.07, 6.45) is -0.635. The number of aryl methyl sites for hydroxylation is 2. The van der Waals surface area contributed by atoms with E-state index in [1.807, 2.05) is 58.0 Å². The number of anilines is 1. The first-order valence-corrected chi connectivity index (χ1v) is 11.6. The molecule has 0 aliphatic heterocycles. The van der Waals surface area contributed by atoms with E-state index in [0.717, 1.165) is 33.9 Å². The van der Waals surface area contributed by atoms with Gasteiger partial charge in [-0.1, -0.05) is 27.7 Å². The van der Waals surface area contributed by atoms with Gasteiger partial charge in [-0.15, -0.1) is 0 Å². The molecule has 0 aromatic heterocycles. The molecule has 188 valence electrons. The summed E-state index contributed by atoms with van der Waals surface area (Å²) in [5.74, 6) is 2.23. The molecule has 0 atom stereocenters. The van der Waals surface area contributed by atoms with Crippen LogP contribution in [-0.4, -0.2) is 31.3 Å². The number of nitrogens with one attached hydrogen (secondary N) is 2. The van der Waals surface area contributed by atoms with Crippen molar-refractivity contribution in [1.29, 1.82) is 0 Å². The van der Waals surface area contributed by atoms with Crippen LogP contribution in [0.2, 0.25) is 0 Å². The number of carbonyl (C=O) groups excluding carboxylic acids is 2. The summed E-state index contributed by atoms with van der Waals surface area (Å²) >= 11 is 0. The van der Waals surface area contributed by atoms with Gasteiger partial charge in [-0.2, -0.15) is 0 Å². The van der Waals surface area contributed by atoms with Gasteiger partial charge in [0.15, 0.2) is 0 Å². The maximum absolute atomic E-state index is 12.2. The molecule has 7 heteroatoms. The Morgan fingerprint density at radius 3 is 2.09 bits per heavy atom. The van der Waals surface area contributed by atoms with Crippen LogP contribution in [0.1, 0.15) is 71.1 Å². The van der Waals surface area contributed by atoms with Gasteiger partial charge in [0, 0.05) is 11.3 Å². The highest BCUT2D eigenvalue weighted by Crippen LogP contribution is 2.35. The monoisotopic (exact) mass is 472 g/mol. The zero-order valence-electron chi connectivity index (χ0n) is 22.2. The molecular weight excluding hydrogens is 432 g/mol. The van der Waals surface area contributed by atoms with Crippen molar-refractivity contribution in [2.45, 2.75) is 73.8 Å².